The Morgan fingerprint density at radius 3 is 3.00 bits per heavy atom. The van der Waals surface area contributed by atoms with E-state index < -0.39 is 0 Å². The fraction of sp³-hybridized carbons (Fsp3) is 0.400. The molecule has 2 N–H and O–H groups in total. The van der Waals surface area contributed by atoms with Crippen LogP contribution in [0.15, 0.2) is 16.0 Å². The van der Waals surface area contributed by atoms with E-state index in [0.29, 0.717) is 17.4 Å². The van der Waals surface area contributed by atoms with Crippen molar-refractivity contribution < 1.29 is 4.79 Å². The Kier molecular flexibility index (Phi) is 3.66. The van der Waals surface area contributed by atoms with Gasteiger partial charge in [0.1, 0.15) is 0 Å². The molecule has 0 saturated heterocycles. The van der Waals surface area contributed by atoms with E-state index in [9.17, 15) is 9.59 Å². The van der Waals surface area contributed by atoms with E-state index in [0.717, 1.165) is 5.69 Å². The minimum atomic E-state index is -0.199. The highest BCUT2D eigenvalue weighted by Crippen LogP contribution is 2.17. The number of carbonyl (C=O) groups is 1. The number of hydrogen-bond donors (Lipinski definition) is 2. The molecule has 2 rings (SSSR count). The molecular weight excluding hydrogens is 254 g/mol. The highest BCUT2D eigenvalue weighted by atomic mass is 32.2. The molecule has 0 saturated carbocycles. The molecule has 0 spiro atoms. The Bertz CT molecular complexity index is 633. The van der Waals surface area contributed by atoms with Crippen LogP contribution >= 0.6 is 11.8 Å². The summed E-state index contributed by atoms with van der Waals surface area (Å²) in [6.45, 7) is 1.95. The number of rotatable bonds is 4. The van der Waals surface area contributed by atoms with Crippen molar-refractivity contribution in [3.05, 3.63) is 22.1 Å². The van der Waals surface area contributed by atoms with Crippen LogP contribution in [0.5, 0.6) is 0 Å². The summed E-state index contributed by atoms with van der Waals surface area (Å²) in [6.07, 6.45) is 0.687. The minimum Gasteiger partial charge on any atom is -0.358 e. The fourth-order valence-electron chi connectivity index (χ4n) is 1.53. The maximum Gasteiger partial charge on any atom is 0.252 e. The number of aromatic nitrogens is 4. The highest BCUT2D eigenvalue weighted by molar-refractivity contribution is 7.99. The predicted octanol–water partition coefficient (Wildman–Crippen LogP) is -0.182. The van der Waals surface area contributed by atoms with Crippen molar-refractivity contribution in [1.29, 1.82) is 0 Å². The Hall–Kier alpha value is -1.83. The number of H-pyrrole nitrogens is 1. The molecule has 1 amide bonds. The number of nitrogens with zero attached hydrogens (tertiary/aromatic N) is 3. The first-order chi connectivity index (χ1) is 8.65. The lowest BCUT2D eigenvalue weighted by Crippen LogP contribution is -2.20. The van der Waals surface area contributed by atoms with Gasteiger partial charge in [-0.1, -0.05) is 18.7 Å². The first-order valence-corrected chi connectivity index (χ1v) is 6.45. The van der Waals surface area contributed by atoms with Gasteiger partial charge < -0.3 is 5.32 Å². The van der Waals surface area contributed by atoms with Crippen molar-refractivity contribution in [1.82, 2.24) is 24.9 Å². The highest BCUT2D eigenvalue weighted by Gasteiger charge is 2.12. The number of fused-ring (bicyclic) bond motifs is 1. The van der Waals surface area contributed by atoms with Gasteiger partial charge in [-0.3, -0.25) is 19.0 Å². The third-order valence-electron chi connectivity index (χ3n) is 2.43. The molecule has 0 aliphatic carbocycles. The van der Waals surface area contributed by atoms with Gasteiger partial charge in [0, 0.05) is 18.8 Å². The van der Waals surface area contributed by atoms with Gasteiger partial charge in [-0.25, -0.2) is 0 Å². The van der Waals surface area contributed by atoms with Gasteiger partial charge in [0.15, 0.2) is 5.16 Å². The lowest BCUT2D eigenvalue weighted by Gasteiger charge is -2.04. The number of nitrogens with one attached hydrogen (secondary N) is 2. The Balaban J connectivity index is 2.40. The largest absolute Gasteiger partial charge is 0.358 e. The summed E-state index contributed by atoms with van der Waals surface area (Å²) in [4.78, 5) is 25.2. The molecule has 0 atom stereocenters. The van der Waals surface area contributed by atoms with E-state index in [1.54, 1.807) is 11.4 Å². The molecule has 0 fully saturated rings. The summed E-state index contributed by atoms with van der Waals surface area (Å²) in [5.74, 6) is 0.581. The van der Waals surface area contributed by atoms with Gasteiger partial charge >= 0.3 is 0 Å². The number of thioether (sulfide) groups is 1. The molecule has 0 unspecified atom stereocenters. The van der Waals surface area contributed by atoms with Gasteiger partial charge in [-0.15, -0.1) is 10.2 Å². The Labute approximate surface area is 107 Å². The minimum absolute atomic E-state index is 0.0841. The van der Waals surface area contributed by atoms with Crippen molar-refractivity contribution >= 4 is 23.4 Å². The Morgan fingerprint density at radius 2 is 2.33 bits per heavy atom. The van der Waals surface area contributed by atoms with Crippen LogP contribution in [0.3, 0.4) is 0 Å². The third-order valence-corrected chi connectivity index (χ3v) is 3.36. The topological polar surface area (TPSA) is 92.2 Å². The van der Waals surface area contributed by atoms with Crippen LogP contribution in [0.1, 0.15) is 12.6 Å². The summed E-state index contributed by atoms with van der Waals surface area (Å²) in [6, 6.07) is 1.51. The summed E-state index contributed by atoms with van der Waals surface area (Å²) in [5, 5.41) is 11.0. The molecule has 2 heterocycles. The molecule has 0 aromatic carbocycles. The zero-order chi connectivity index (χ0) is 13.1. The average molecular weight is 267 g/mol. The van der Waals surface area contributed by atoms with Crippen LogP contribution in [0.4, 0.5) is 0 Å². The van der Waals surface area contributed by atoms with Crippen LogP contribution < -0.4 is 10.9 Å². The molecule has 96 valence electrons. The zero-order valence-electron chi connectivity index (χ0n) is 10.1. The molecule has 0 aliphatic heterocycles. The molecule has 7 nitrogen and oxygen atoms in total. The SMILES string of the molecule is CCc1cc(=O)[nH]c2nnc(SCC(=O)NC)n12. The Morgan fingerprint density at radius 1 is 1.56 bits per heavy atom. The first kappa shape index (κ1) is 12.6. The maximum atomic E-state index is 11.4. The number of aromatic amines is 1. The fourth-order valence-corrected chi connectivity index (χ4v) is 2.36. The van der Waals surface area contributed by atoms with Gasteiger partial charge in [-0.2, -0.15) is 0 Å². The first-order valence-electron chi connectivity index (χ1n) is 5.46. The zero-order valence-corrected chi connectivity index (χ0v) is 10.9. The van der Waals surface area contributed by atoms with Crippen molar-refractivity contribution in [2.75, 3.05) is 12.8 Å². The second-order valence-corrected chi connectivity index (χ2v) is 4.52. The quantitative estimate of drug-likeness (QED) is 0.750. The average Bonchev–Trinajstić information content (AvgIpc) is 2.77. The smallest absolute Gasteiger partial charge is 0.252 e. The van der Waals surface area contributed by atoms with E-state index in [1.807, 2.05) is 6.92 Å². The van der Waals surface area contributed by atoms with E-state index in [-0.39, 0.29) is 17.2 Å². The lowest BCUT2D eigenvalue weighted by atomic mass is 10.3. The van der Waals surface area contributed by atoms with Crippen LogP contribution in [0, 0.1) is 0 Å². The molecule has 8 heteroatoms. The second kappa shape index (κ2) is 5.21. The van der Waals surface area contributed by atoms with Crippen LogP contribution in [-0.4, -0.2) is 38.3 Å². The summed E-state index contributed by atoms with van der Waals surface area (Å²) < 4.78 is 1.76. The third kappa shape index (κ3) is 2.37. The van der Waals surface area contributed by atoms with Crippen LogP contribution in [-0.2, 0) is 11.2 Å². The molecule has 0 aliphatic rings. The van der Waals surface area contributed by atoms with Crippen molar-refractivity contribution in [3.8, 4) is 0 Å². The van der Waals surface area contributed by atoms with E-state index in [4.69, 9.17) is 0 Å². The van der Waals surface area contributed by atoms with E-state index in [2.05, 4.69) is 20.5 Å². The maximum absolute atomic E-state index is 11.4. The summed E-state index contributed by atoms with van der Waals surface area (Å²) >= 11 is 1.28. The summed E-state index contributed by atoms with van der Waals surface area (Å²) in [5.41, 5.74) is 0.618. The molecular formula is C10H13N5O2S. The predicted molar refractivity (Wildman–Crippen MR) is 67.8 cm³/mol. The molecule has 2 aromatic heterocycles. The summed E-state index contributed by atoms with van der Waals surface area (Å²) in [7, 11) is 1.58. The van der Waals surface area contributed by atoms with Gasteiger partial charge in [0.2, 0.25) is 11.7 Å². The van der Waals surface area contributed by atoms with Crippen molar-refractivity contribution in [2.45, 2.75) is 18.5 Å². The second-order valence-electron chi connectivity index (χ2n) is 3.58. The van der Waals surface area contributed by atoms with Gasteiger partial charge in [0.05, 0.1) is 5.75 Å². The van der Waals surface area contributed by atoms with Crippen molar-refractivity contribution in [3.63, 3.8) is 0 Å². The van der Waals surface area contributed by atoms with Crippen molar-refractivity contribution in [2.24, 2.45) is 0 Å². The van der Waals surface area contributed by atoms with Crippen LogP contribution in [0.25, 0.3) is 5.78 Å². The molecule has 0 radical (unpaired) electrons. The lowest BCUT2D eigenvalue weighted by molar-refractivity contribution is -0.118. The normalized spacial score (nSPS) is 10.8. The van der Waals surface area contributed by atoms with Gasteiger partial charge in [-0.05, 0) is 6.42 Å². The number of hydrogen-bond acceptors (Lipinski definition) is 5. The number of carbonyl (C=O) groups excluding carboxylic acids is 1. The monoisotopic (exact) mass is 267 g/mol. The standard InChI is InChI=1S/C10H13N5O2S/c1-3-6-4-7(16)12-9-13-14-10(15(6)9)18-5-8(17)11-2/h4H,3,5H2,1-2H3,(H,11,17)(H,12,13,16). The molecule has 18 heavy (non-hydrogen) atoms. The molecule has 2 aromatic rings. The van der Waals surface area contributed by atoms with Gasteiger partial charge in [0.25, 0.3) is 5.56 Å². The van der Waals surface area contributed by atoms with E-state index in [1.165, 1.54) is 17.8 Å². The van der Waals surface area contributed by atoms with Crippen LogP contribution in [0.2, 0.25) is 0 Å². The number of amides is 1. The molecule has 0 bridgehead atoms. The number of aryl methyl sites for hydroxylation is 1. The van der Waals surface area contributed by atoms with E-state index >= 15 is 0 Å².